The molecule has 27 heavy (non-hydrogen) atoms. The maximum Gasteiger partial charge on any atom is 0.123 e. The molecule has 2 atom stereocenters. The van der Waals surface area contributed by atoms with Crippen LogP contribution in [0.3, 0.4) is 0 Å². The van der Waals surface area contributed by atoms with Gasteiger partial charge in [0.15, 0.2) is 0 Å². The first-order valence-corrected chi connectivity index (χ1v) is 9.64. The highest BCUT2D eigenvalue weighted by molar-refractivity contribution is 5.29. The second kappa shape index (κ2) is 7.58. The summed E-state index contributed by atoms with van der Waals surface area (Å²) in [5.74, 6) is 0.467. The number of rotatable bonds is 6. The number of piperidine rings is 1. The Morgan fingerprint density at radius 3 is 2.41 bits per heavy atom. The lowest BCUT2D eigenvalue weighted by molar-refractivity contribution is -0.0596. The van der Waals surface area contributed by atoms with E-state index >= 15 is 0 Å². The normalized spacial score (nSPS) is 27.7. The summed E-state index contributed by atoms with van der Waals surface area (Å²) < 4.78 is 19.0. The molecule has 4 nitrogen and oxygen atoms in total. The van der Waals surface area contributed by atoms with E-state index in [-0.39, 0.29) is 12.4 Å². The SMILES string of the molecule is OCCOc1ccc(CN2[C@H]3CC[C@H]2CC(O)(c2cccc(F)c2)C3)cc1. The van der Waals surface area contributed by atoms with Crippen molar-refractivity contribution in [3.05, 3.63) is 65.5 Å². The number of aliphatic hydroxyl groups is 2. The van der Waals surface area contributed by atoms with Gasteiger partial charge in [-0.05, 0) is 61.1 Å². The minimum atomic E-state index is -0.938. The van der Waals surface area contributed by atoms with Gasteiger partial charge < -0.3 is 14.9 Å². The molecule has 2 fully saturated rings. The van der Waals surface area contributed by atoms with Crippen LogP contribution in [-0.4, -0.2) is 40.4 Å². The molecule has 2 aliphatic heterocycles. The molecule has 2 bridgehead atoms. The van der Waals surface area contributed by atoms with Crippen molar-refractivity contribution >= 4 is 0 Å². The summed E-state index contributed by atoms with van der Waals surface area (Å²) in [4.78, 5) is 2.48. The smallest absolute Gasteiger partial charge is 0.123 e. The summed E-state index contributed by atoms with van der Waals surface area (Å²) in [6.45, 7) is 1.15. The van der Waals surface area contributed by atoms with Crippen LogP contribution in [0.15, 0.2) is 48.5 Å². The second-order valence-electron chi connectivity index (χ2n) is 7.72. The van der Waals surface area contributed by atoms with Crippen molar-refractivity contribution in [3.8, 4) is 5.75 Å². The zero-order valence-corrected chi connectivity index (χ0v) is 15.4. The van der Waals surface area contributed by atoms with Crippen LogP contribution >= 0.6 is 0 Å². The van der Waals surface area contributed by atoms with Crippen molar-refractivity contribution in [2.45, 2.75) is 49.9 Å². The maximum absolute atomic E-state index is 13.6. The van der Waals surface area contributed by atoms with Gasteiger partial charge in [-0.1, -0.05) is 24.3 Å². The molecule has 0 unspecified atom stereocenters. The number of hydrogen-bond acceptors (Lipinski definition) is 4. The van der Waals surface area contributed by atoms with Crippen LogP contribution in [0, 0.1) is 5.82 Å². The lowest BCUT2D eigenvalue weighted by atomic mass is 9.80. The second-order valence-corrected chi connectivity index (χ2v) is 7.72. The molecule has 2 aromatic carbocycles. The predicted molar refractivity (Wildman–Crippen MR) is 101 cm³/mol. The van der Waals surface area contributed by atoms with E-state index in [1.165, 1.54) is 17.7 Å². The first kappa shape index (κ1) is 18.4. The molecule has 5 heteroatoms. The van der Waals surface area contributed by atoms with Crippen LogP contribution < -0.4 is 4.74 Å². The molecule has 0 saturated carbocycles. The zero-order chi connectivity index (χ0) is 18.9. The Morgan fingerprint density at radius 1 is 1.07 bits per heavy atom. The Bertz CT molecular complexity index is 765. The van der Waals surface area contributed by atoms with Crippen LogP contribution in [0.4, 0.5) is 4.39 Å². The highest BCUT2D eigenvalue weighted by atomic mass is 19.1. The standard InChI is InChI=1S/C22H26FNO3/c23-18-3-1-2-17(12-18)22(26)13-19-6-7-20(14-22)24(19)15-16-4-8-21(9-5-16)27-11-10-25/h1-5,8-9,12,19-20,25-26H,6-7,10-11,13-15H2/t19-,20-/m0/s1. The van der Waals surface area contributed by atoms with Gasteiger partial charge in [0.1, 0.15) is 18.2 Å². The van der Waals surface area contributed by atoms with E-state index in [1.54, 1.807) is 6.07 Å². The highest BCUT2D eigenvalue weighted by Crippen LogP contribution is 2.46. The van der Waals surface area contributed by atoms with Crippen LogP contribution in [0.25, 0.3) is 0 Å². The van der Waals surface area contributed by atoms with Gasteiger partial charge in [0.25, 0.3) is 0 Å². The highest BCUT2D eigenvalue weighted by Gasteiger charge is 2.48. The molecule has 0 spiro atoms. The molecule has 0 aromatic heterocycles. The summed E-state index contributed by atoms with van der Waals surface area (Å²) in [7, 11) is 0. The van der Waals surface area contributed by atoms with Crippen LogP contribution in [-0.2, 0) is 12.1 Å². The first-order chi connectivity index (χ1) is 13.1. The first-order valence-electron chi connectivity index (χ1n) is 9.64. The van der Waals surface area contributed by atoms with Gasteiger partial charge in [0.2, 0.25) is 0 Å². The Hall–Kier alpha value is -1.95. The summed E-state index contributed by atoms with van der Waals surface area (Å²) in [6.07, 6.45) is 3.43. The molecular weight excluding hydrogens is 345 g/mol. The molecule has 0 radical (unpaired) electrons. The quantitative estimate of drug-likeness (QED) is 0.819. The van der Waals surface area contributed by atoms with Crippen LogP contribution in [0.1, 0.15) is 36.8 Å². The van der Waals surface area contributed by atoms with Crippen LogP contribution in [0.5, 0.6) is 5.75 Å². The molecular formula is C22H26FNO3. The molecule has 2 aliphatic rings. The van der Waals surface area contributed by atoms with Gasteiger partial charge in [-0.3, -0.25) is 4.90 Å². The number of fused-ring (bicyclic) bond motifs is 2. The fraction of sp³-hybridized carbons (Fsp3) is 0.455. The van der Waals surface area contributed by atoms with E-state index in [0.29, 0.717) is 37.1 Å². The average Bonchev–Trinajstić information content (AvgIpc) is 2.91. The lowest BCUT2D eigenvalue weighted by Gasteiger charge is -2.44. The maximum atomic E-state index is 13.6. The van der Waals surface area contributed by atoms with Gasteiger partial charge in [-0.2, -0.15) is 0 Å². The molecule has 0 aliphatic carbocycles. The topological polar surface area (TPSA) is 52.9 Å². The van der Waals surface area contributed by atoms with Crippen molar-refractivity contribution in [3.63, 3.8) is 0 Å². The van der Waals surface area contributed by atoms with Gasteiger partial charge in [0, 0.05) is 18.6 Å². The number of ether oxygens (including phenoxy) is 1. The minimum absolute atomic E-state index is 0.00706. The fourth-order valence-corrected chi connectivity index (χ4v) is 4.65. The summed E-state index contributed by atoms with van der Waals surface area (Å²) in [6, 6.07) is 15.0. The Morgan fingerprint density at radius 2 is 1.78 bits per heavy atom. The Balaban J connectivity index is 1.45. The lowest BCUT2D eigenvalue weighted by Crippen LogP contribution is -2.49. The molecule has 2 N–H and O–H groups in total. The van der Waals surface area contributed by atoms with E-state index in [0.717, 1.165) is 25.1 Å². The summed E-state index contributed by atoms with van der Waals surface area (Å²) >= 11 is 0. The number of hydrogen-bond donors (Lipinski definition) is 2. The van der Waals surface area contributed by atoms with Crippen molar-refractivity contribution in [1.82, 2.24) is 4.90 Å². The van der Waals surface area contributed by atoms with E-state index in [1.807, 2.05) is 18.2 Å². The van der Waals surface area contributed by atoms with Crippen molar-refractivity contribution < 1.29 is 19.3 Å². The average molecular weight is 371 g/mol. The Kier molecular flexibility index (Phi) is 5.17. The largest absolute Gasteiger partial charge is 0.491 e. The third-order valence-electron chi connectivity index (χ3n) is 5.93. The van der Waals surface area contributed by atoms with E-state index in [9.17, 15) is 9.50 Å². The van der Waals surface area contributed by atoms with Gasteiger partial charge >= 0.3 is 0 Å². The molecule has 0 amide bonds. The molecule has 2 heterocycles. The molecule has 4 rings (SSSR count). The predicted octanol–water partition coefficient (Wildman–Crippen LogP) is 3.21. The molecule has 2 saturated heterocycles. The number of nitrogens with zero attached hydrogens (tertiary/aromatic N) is 1. The molecule has 2 aromatic rings. The van der Waals surface area contributed by atoms with Gasteiger partial charge in [0.05, 0.1) is 12.2 Å². The van der Waals surface area contributed by atoms with Crippen molar-refractivity contribution in [2.24, 2.45) is 0 Å². The zero-order valence-electron chi connectivity index (χ0n) is 15.4. The van der Waals surface area contributed by atoms with Crippen molar-refractivity contribution in [1.29, 1.82) is 0 Å². The van der Waals surface area contributed by atoms with Gasteiger partial charge in [-0.15, -0.1) is 0 Å². The third-order valence-corrected chi connectivity index (χ3v) is 5.93. The Labute approximate surface area is 159 Å². The monoisotopic (exact) mass is 371 g/mol. The summed E-state index contributed by atoms with van der Waals surface area (Å²) in [5, 5.41) is 20.1. The van der Waals surface area contributed by atoms with E-state index in [4.69, 9.17) is 9.84 Å². The number of aliphatic hydroxyl groups excluding tert-OH is 1. The minimum Gasteiger partial charge on any atom is -0.491 e. The third kappa shape index (κ3) is 3.86. The van der Waals surface area contributed by atoms with Gasteiger partial charge in [-0.25, -0.2) is 4.39 Å². The number of benzene rings is 2. The summed E-state index contributed by atoms with van der Waals surface area (Å²) in [5.41, 5.74) is 0.968. The van der Waals surface area contributed by atoms with E-state index in [2.05, 4.69) is 17.0 Å². The van der Waals surface area contributed by atoms with Crippen molar-refractivity contribution in [2.75, 3.05) is 13.2 Å². The van der Waals surface area contributed by atoms with E-state index < -0.39 is 5.60 Å². The molecule has 144 valence electrons. The fourth-order valence-electron chi connectivity index (χ4n) is 4.65. The van der Waals surface area contributed by atoms with Crippen LogP contribution in [0.2, 0.25) is 0 Å². The number of halogens is 1.